The predicted octanol–water partition coefficient (Wildman–Crippen LogP) is 4.60. The largest absolute Gasteiger partial charge is 0.316 e. The summed E-state index contributed by atoms with van der Waals surface area (Å²) in [5.41, 5.74) is 0.950. The van der Waals surface area contributed by atoms with Gasteiger partial charge >= 0.3 is 0 Å². The standard InChI is InChI=1S/C15H20N2OS/c1-2-3-4-5-6-11-14(18)16-15-12-9-7-8-10-13(12)17-19-15/h7-10H,2-6,11H2,1H3,(H,16,18). The maximum absolute atomic E-state index is 11.9. The molecule has 0 atom stereocenters. The minimum absolute atomic E-state index is 0.103. The van der Waals surface area contributed by atoms with Crippen LogP contribution in [0.1, 0.15) is 45.4 Å². The molecule has 0 spiro atoms. The Morgan fingerprint density at radius 1 is 1.21 bits per heavy atom. The number of nitrogens with one attached hydrogen (secondary N) is 1. The van der Waals surface area contributed by atoms with E-state index in [1.807, 2.05) is 24.3 Å². The second-order valence-electron chi connectivity index (χ2n) is 4.74. The smallest absolute Gasteiger partial charge is 0.225 e. The molecule has 0 bridgehead atoms. The summed E-state index contributed by atoms with van der Waals surface area (Å²) in [6.07, 6.45) is 6.45. The van der Waals surface area contributed by atoms with Crippen LogP contribution in [0.4, 0.5) is 5.00 Å². The third kappa shape index (κ3) is 4.03. The lowest BCUT2D eigenvalue weighted by atomic mass is 10.1. The highest BCUT2D eigenvalue weighted by atomic mass is 32.1. The Kier molecular flexibility index (Phi) is 5.33. The van der Waals surface area contributed by atoms with E-state index in [-0.39, 0.29) is 5.91 Å². The molecule has 0 aliphatic heterocycles. The maximum Gasteiger partial charge on any atom is 0.225 e. The first-order chi connectivity index (χ1) is 9.31. The predicted molar refractivity (Wildman–Crippen MR) is 81.6 cm³/mol. The maximum atomic E-state index is 11.9. The van der Waals surface area contributed by atoms with E-state index >= 15 is 0 Å². The van der Waals surface area contributed by atoms with Crippen molar-refractivity contribution in [1.29, 1.82) is 0 Å². The average Bonchev–Trinajstić information content (AvgIpc) is 2.82. The Hall–Kier alpha value is -1.42. The minimum Gasteiger partial charge on any atom is -0.316 e. The molecule has 4 heteroatoms. The summed E-state index contributed by atoms with van der Waals surface area (Å²) < 4.78 is 4.32. The Labute approximate surface area is 118 Å². The number of unbranched alkanes of at least 4 members (excludes halogenated alkanes) is 4. The van der Waals surface area contributed by atoms with E-state index in [2.05, 4.69) is 16.6 Å². The number of fused-ring (bicyclic) bond motifs is 1. The highest BCUT2D eigenvalue weighted by Gasteiger charge is 2.08. The third-order valence-electron chi connectivity index (χ3n) is 3.14. The zero-order chi connectivity index (χ0) is 13.5. The number of hydrogen-bond donors (Lipinski definition) is 1. The van der Waals surface area contributed by atoms with Crippen molar-refractivity contribution in [2.75, 3.05) is 5.32 Å². The van der Waals surface area contributed by atoms with Crippen LogP contribution in [0.3, 0.4) is 0 Å². The number of nitrogens with zero attached hydrogens (tertiary/aromatic N) is 1. The summed E-state index contributed by atoms with van der Waals surface area (Å²) in [4.78, 5) is 11.9. The van der Waals surface area contributed by atoms with E-state index in [0.717, 1.165) is 28.7 Å². The average molecular weight is 276 g/mol. The minimum atomic E-state index is 0.103. The van der Waals surface area contributed by atoms with Gasteiger partial charge in [0.2, 0.25) is 5.91 Å². The summed E-state index contributed by atoms with van der Waals surface area (Å²) in [7, 11) is 0. The zero-order valence-electron chi connectivity index (χ0n) is 11.3. The lowest BCUT2D eigenvalue weighted by Gasteiger charge is -2.03. The van der Waals surface area contributed by atoms with E-state index in [1.165, 1.54) is 30.8 Å². The van der Waals surface area contributed by atoms with Crippen LogP contribution in [0.25, 0.3) is 10.9 Å². The highest BCUT2D eigenvalue weighted by molar-refractivity contribution is 7.12. The molecule has 0 unspecified atom stereocenters. The number of aromatic nitrogens is 1. The second-order valence-corrected chi connectivity index (χ2v) is 5.51. The first-order valence-corrected chi connectivity index (χ1v) is 7.73. The molecular weight excluding hydrogens is 256 g/mol. The molecule has 1 aromatic heterocycles. The fraction of sp³-hybridized carbons (Fsp3) is 0.467. The fourth-order valence-corrected chi connectivity index (χ4v) is 2.84. The molecule has 0 radical (unpaired) electrons. The van der Waals surface area contributed by atoms with Gasteiger partial charge in [-0.15, -0.1) is 0 Å². The normalized spacial score (nSPS) is 10.8. The topological polar surface area (TPSA) is 42.0 Å². The van der Waals surface area contributed by atoms with Crippen LogP contribution >= 0.6 is 11.5 Å². The molecule has 1 amide bonds. The van der Waals surface area contributed by atoms with Gasteiger partial charge in [0, 0.05) is 11.8 Å². The molecule has 1 N–H and O–H groups in total. The first kappa shape index (κ1) is 14.0. The van der Waals surface area contributed by atoms with E-state index in [0.29, 0.717) is 6.42 Å². The van der Waals surface area contributed by atoms with Crippen molar-refractivity contribution in [2.24, 2.45) is 0 Å². The van der Waals surface area contributed by atoms with Crippen molar-refractivity contribution in [3.05, 3.63) is 24.3 Å². The molecular formula is C15H20N2OS. The summed E-state index contributed by atoms with van der Waals surface area (Å²) >= 11 is 1.36. The van der Waals surface area contributed by atoms with Gasteiger partial charge in [0.1, 0.15) is 5.00 Å². The van der Waals surface area contributed by atoms with Crippen LogP contribution in [0.2, 0.25) is 0 Å². The summed E-state index contributed by atoms with van der Waals surface area (Å²) in [5, 5.41) is 4.88. The molecule has 19 heavy (non-hydrogen) atoms. The highest BCUT2D eigenvalue weighted by Crippen LogP contribution is 2.27. The van der Waals surface area contributed by atoms with Crippen LogP contribution in [0, 0.1) is 0 Å². The molecule has 2 rings (SSSR count). The molecule has 0 aliphatic carbocycles. The Balaban J connectivity index is 1.82. The number of hydrogen-bond acceptors (Lipinski definition) is 3. The van der Waals surface area contributed by atoms with Gasteiger partial charge in [0.05, 0.1) is 5.52 Å². The van der Waals surface area contributed by atoms with Gasteiger partial charge in [-0.3, -0.25) is 4.79 Å². The van der Waals surface area contributed by atoms with Crippen LogP contribution < -0.4 is 5.32 Å². The van der Waals surface area contributed by atoms with E-state index in [4.69, 9.17) is 0 Å². The number of carbonyl (C=O) groups excluding carboxylic acids is 1. The van der Waals surface area contributed by atoms with Gasteiger partial charge in [0.15, 0.2) is 0 Å². The number of amides is 1. The van der Waals surface area contributed by atoms with Gasteiger partial charge in [-0.1, -0.05) is 44.7 Å². The Morgan fingerprint density at radius 3 is 2.84 bits per heavy atom. The van der Waals surface area contributed by atoms with Gasteiger partial charge in [0.25, 0.3) is 0 Å². The van der Waals surface area contributed by atoms with Gasteiger partial charge < -0.3 is 5.32 Å². The molecule has 0 saturated heterocycles. The number of rotatable bonds is 7. The second kappa shape index (κ2) is 7.24. The van der Waals surface area contributed by atoms with E-state index < -0.39 is 0 Å². The van der Waals surface area contributed by atoms with Gasteiger partial charge in [-0.05, 0) is 30.1 Å². The summed E-state index contributed by atoms with van der Waals surface area (Å²) in [6, 6.07) is 7.89. The lowest BCUT2D eigenvalue weighted by Crippen LogP contribution is -2.10. The van der Waals surface area contributed by atoms with Crippen molar-refractivity contribution in [1.82, 2.24) is 4.37 Å². The molecule has 2 aromatic rings. The summed E-state index contributed by atoms with van der Waals surface area (Å²) in [5.74, 6) is 0.103. The van der Waals surface area contributed by atoms with Crippen LogP contribution in [0.5, 0.6) is 0 Å². The van der Waals surface area contributed by atoms with E-state index in [1.54, 1.807) is 0 Å². The zero-order valence-corrected chi connectivity index (χ0v) is 12.1. The first-order valence-electron chi connectivity index (χ1n) is 6.95. The Bertz CT molecular complexity index is 536. The van der Waals surface area contributed by atoms with Crippen LogP contribution in [-0.4, -0.2) is 10.3 Å². The van der Waals surface area contributed by atoms with Crippen molar-refractivity contribution in [3.8, 4) is 0 Å². The molecule has 0 aliphatic rings. The van der Waals surface area contributed by atoms with Crippen molar-refractivity contribution < 1.29 is 4.79 Å². The molecule has 102 valence electrons. The SMILES string of the molecule is CCCCCCCC(=O)Nc1snc2ccccc12. The lowest BCUT2D eigenvalue weighted by molar-refractivity contribution is -0.116. The molecule has 0 saturated carbocycles. The third-order valence-corrected chi connectivity index (χ3v) is 3.94. The molecule has 1 heterocycles. The molecule has 0 fully saturated rings. The fourth-order valence-electron chi connectivity index (χ4n) is 2.06. The summed E-state index contributed by atoms with van der Waals surface area (Å²) in [6.45, 7) is 2.20. The molecule has 1 aromatic carbocycles. The number of carbonyl (C=O) groups is 1. The quantitative estimate of drug-likeness (QED) is 0.751. The molecule has 3 nitrogen and oxygen atoms in total. The van der Waals surface area contributed by atoms with Crippen molar-refractivity contribution in [3.63, 3.8) is 0 Å². The van der Waals surface area contributed by atoms with Crippen molar-refractivity contribution >= 4 is 33.3 Å². The van der Waals surface area contributed by atoms with Gasteiger partial charge in [-0.25, -0.2) is 0 Å². The van der Waals surface area contributed by atoms with Crippen LogP contribution in [0.15, 0.2) is 24.3 Å². The monoisotopic (exact) mass is 276 g/mol. The van der Waals surface area contributed by atoms with Crippen molar-refractivity contribution in [2.45, 2.75) is 45.4 Å². The Morgan fingerprint density at radius 2 is 2.00 bits per heavy atom. The van der Waals surface area contributed by atoms with E-state index in [9.17, 15) is 4.79 Å². The van der Waals surface area contributed by atoms with Gasteiger partial charge in [-0.2, -0.15) is 4.37 Å². The van der Waals surface area contributed by atoms with Crippen LogP contribution in [-0.2, 0) is 4.79 Å². The number of anilines is 1. The number of benzene rings is 1.